The number of carbonyl (C=O) groups is 2. The summed E-state index contributed by atoms with van der Waals surface area (Å²) in [5, 5.41) is 28.5. The van der Waals surface area contributed by atoms with Crippen LogP contribution in [0.4, 0.5) is 23.7 Å². The average Bonchev–Trinajstić information content (AvgIpc) is 3.37. The molecule has 188 valence electrons. The summed E-state index contributed by atoms with van der Waals surface area (Å²) in [6.45, 7) is 0.343. The molecule has 0 saturated carbocycles. The Balaban J connectivity index is 0.000000540. The van der Waals surface area contributed by atoms with E-state index in [1.54, 1.807) is 31.6 Å². The van der Waals surface area contributed by atoms with Crippen LogP contribution < -0.4 is 20.1 Å². The van der Waals surface area contributed by atoms with Crippen LogP contribution in [-0.2, 0) is 11.3 Å². The number of hydrogen-bond acceptors (Lipinski definition) is 6. The maximum absolute atomic E-state index is 12.3. The van der Waals surface area contributed by atoms with E-state index in [9.17, 15) is 18.0 Å². The molecule has 0 saturated heterocycles. The lowest BCUT2D eigenvalue weighted by atomic mass is 10.1. The van der Waals surface area contributed by atoms with Crippen molar-refractivity contribution < 1.29 is 42.4 Å². The molecule has 0 radical (unpaired) electrons. The lowest BCUT2D eigenvalue weighted by Crippen LogP contribution is -2.28. The lowest BCUT2D eigenvalue weighted by Gasteiger charge is -2.14. The Hall–Kier alpha value is -4.26. The summed E-state index contributed by atoms with van der Waals surface area (Å²) >= 11 is 0. The number of aromatic amines is 1. The first-order valence-corrected chi connectivity index (χ1v) is 9.98. The van der Waals surface area contributed by atoms with Gasteiger partial charge in [0.25, 0.3) is 0 Å². The highest BCUT2D eigenvalue weighted by Gasteiger charge is 2.38. The third-order valence-electron chi connectivity index (χ3n) is 4.24. The number of ether oxygens (including phenoxy) is 2. The summed E-state index contributed by atoms with van der Waals surface area (Å²) in [4.78, 5) is 21.2. The Morgan fingerprint density at radius 3 is 2.49 bits per heavy atom. The predicted octanol–water partition coefficient (Wildman–Crippen LogP) is 3.41. The van der Waals surface area contributed by atoms with E-state index in [2.05, 4.69) is 20.8 Å². The van der Waals surface area contributed by atoms with Crippen LogP contribution in [0.2, 0.25) is 0 Å². The van der Waals surface area contributed by atoms with Gasteiger partial charge in [-0.25, -0.2) is 9.59 Å². The zero-order valence-electron chi connectivity index (χ0n) is 18.4. The van der Waals surface area contributed by atoms with E-state index in [1.807, 2.05) is 30.3 Å². The summed E-state index contributed by atoms with van der Waals surface area (Å²) in [6.07, 6.45) is -1.63. The fraction of sp³-hybridized carbons (Fsp3) is 0.227. The molecule has 1 aromatic heterocycles. The molecule has 10 nitrogen and oxygen atoms in total. The number of anilines is 1. The molecule has 2 aromatic carbocycles. The molecule has 0 aliphatic rings. The second-order valence-electron chi connectivity index (χ2n) is 6.73. The number of aliphatic hydroxyl groups is 1. The first kappa shape index (κ1) is 27.0. The topological polar surface area (TPSA) is 146 Å². The lowest BCUT2D eigenvalue weighted by molar-refractivity contribution is -0.192. The summed E-state index contributed by atoms with van der Waals surface area (Å²) in [6, 6.07) is 12.5. The van der Waals surface area contributed by atoms with Gasteiger partial charge < -0.3 is 30.3 Å². The van der Waals surface area contributed by atoms with Gasteiger partial charge in [0.1, 0.15) is 18.1 Å². The number of halogens is 3. The summed E-state index contributed by atoms with van der Waals surface area (Å²) < 4.78 is 42.5. The number of benzene rings is 2. The number of methoxy groups -OCH3 is 1. The van der Waals surface area contributed by atoms with Gasteiger partial charge in [-0.3, -0.25) is 5.10 Å². The third kappa shape index (κ3) is 8.89. The molecule has 0 spiro atoms. The van der Waals surface area contributed by atoms with E-state index in [1.165, 1.54) is 0 Å². The third-order valence-corrected chi connectivity index (χ3v) is 4.24. The molecule has 5 N–H and O–H groups in total. The normalized spacial score (nSPS) is 10.5. The van der Waals surface area contributed by atoms with Gasteiger partial charge in [0.15, 0.2) is 0 Å². The number of hydrogen-bond donors (Lipinski definition) is 5. The highest BCUT2D eigenvalue weighted by Crippen LogP contribution is 2.30. The van der Waals surface area contributed by atoms with Crippen molar-refractivity contribution in [2.24, 2.45) is 0 Å². The second-order valence-corrected chi connectivity index (χ2v) is 6.73. The number of alkyl halides is 3. The summed E-state index contributed by atoms with van der Waals surface area (Å²) in [7, 11) is 1.60. The molecule has 13 heteroatoms. The fourth-order valence-corrected chi connectivity index (χ4v) is 2.62. The highest BCUT2D eigenvalue weighted by molar-refractivity contribution is 5.91. The smallest absolute Gasteiger partial charge is 0.490 e. The summed E-state index contributed by atoms with van der Waals surface area (Å²) in [5.41, 5.74) is 3.19. The quantitative estimate of drug-likeness (QED) is 0.321. The minimum Gasteiger partial charge on any atom is -0.497 e. The van der Waals surface area contributed by atoms with Crippen LogP contribution >= 0.6 is 0 Å². The Morgan fingerprint density at radius 2 is 1.89 bits per heavy atom. The number of amides is 2. The number of aliphatic carboxylic acids is 1. The first-order chi connectivity index (χ1) is 16.6. The molecule has 0 aliphatic heterocycles. The van der Waals surface area contributed by atoms with E-state index in [-0.39, 0.29) is 19.2 Å². The molecule has 35 heavy (non-hydrogen) atoms. The number of nitrogens with zero attached hydrogens (tertiary/aromatic N) is 1. The van der Waals surface area contributed by atoms with Crippen molar-refractivity contribution in [2.75, 3.05) is 25.6 Å². The minimum atomic E-state index is -5.08. The number of H-pyrrole nitrogens is 1. The van der Waals surface area contributed by atoms with Crippen LogP contribution in [0.1, 0.15) is 5.56 Å². The zero-order valence-corrected chi connectivity index (χ0v) is 18.4. The van der Waals surface area contributed by atoms with Crippen LogP contribution in [0.15, 0.2) is 54.9 Å². The predicted molar refractivity (Wildman–Crippen MR) is 119 cm³/mol. The number of rotatable bonds is 8. The molecular formula is C22H23F3N4O6. The van der Waals surface area contributed by atoms with Crippen molar-refractivity contribution in [1.29, 1.82) is 0 Å². The van der Waals surface area contributed by atoms with Crippen molar-refractivity contribution in [3.05, 3.63) is 60.4 Å². The largest absolute Gasteiger partial charge is 0.497 e. The van der Waals surface area contributed by atoms with E-state index in [0.717, 1.165) is 22.4 Å². The van der Waals surface area contributed by atoms with Crippen molar-refractivity contribution >= 4 is 17.7 Å². The molecule has 2 amide bonds. The van der Waals surface area contributed by atoms with E-state index in [4.69, 9.17) is 24.5 Å². The number of urea groups is 1. The van der Waals surface area contributed by atoms with Crippen LogP contribution in [-0.4, -0.2) is 58.9 Å². The van der Waals surface area contributed by atoms with Crippen molar-refractivity contribution in [1.82, 2.24) is 15.5 Å². The van der Waals surface area contributed by atoms with Crippen LogP contribution in [0.3, 0.4) is 0 Å². The molecule has 0 bridgehead atoms. The monoisotopic (exact) mass is 496 g/mol. The number of nitrogens with one attached hydrogen (secondary N) is 3. The van der Waals surface area contributed by atoms with E-state index in [0.29, 0.717) is 18.0 Å². The maximum Gasteiger partial charge on any atom is 0.490 e. The number of aliphatic hydroxyl groups excluding tert-OH is 1. The SMILES string of the molecule is COc1cccc(CNC(=O)Nc2ccc(-c3cn[nH]c3)cc2OCCO)c1.O=C(O)C(F)(F)F. The van der Waals surface area contributed by atoms with Gasteiger partial charge in [0.2, 0.25) is 0 Å². The number of carbonyl (C=O) groups excluding carboxylic acids is 1. The molecule has 1 heterocycles. The Morgan fingerprint density at radius 1 is 1.14 bits per heavy atom. The van der Waals surface area contributed by atoms with Gasteiger partial charge in [-0.15, -0.1) is 0 Å². The number of aromatic nitrogens is 2. The molecular weight excluding hydrogens is 473 g/mol. The van der Waals surface area contributed by atoms with E-state index >= 15 is 0 Å². The molecule has 3 aromatic rings. The standard InChI is InChI=1S/C20H22N4O4.C2HF3O2/c1-27-17-4-2-3-14(9-17)11-21-20(26)24-18-6-5-15(16-12-22-23-13-16)10-19(18)28-8-7-25;3-2(4,5)1(6)7/h2-6,9-10,12-13,25H,7-8,11H2,1H3,(H,22,23)(H2,21,24,26);(H,6,7). The first-order valence-electron chi connectivity index (χ1n) is 9.98. The maximum atomic E-state index is 12.3. The van der Waals surface area contributed by atoms with Gasteiger partial charge in [0, 0.05) is 18.3 Å². The van der Waals surface area contributed by atoms with Crippen LogP contribution in [0.5, 0.6) is 11.5 Å². The van der Waals surface area contributed by atoms with Crippen molar-refractivity contribution in [3.8, 4) is 22.6 Å². The molecule has 0 aliphatic carbocycles. The van der Waals surface area contributed by atoms with E-state index < -0.39 is 12.1 Å². The average molecular weight is 496 g/mol. The van der Waals surface area contributed by atoms with Gasteiger partial charge in [0.05, 0.1) is 25.6 Å². The molecule has 0 fully saturated rings. The highest BCUT2D eigenvalue weighted by atomic mass is 19.4. The fourth-order valence-electron chi connectivity index (χ4n) is 2.62. The summed E-state index contributed by atoms with van der Waals surface area (Å²) in [5.74, 6) is -1.56. The van der Waals surface area contributed by atoms with Crippen molar-refractivity contribution in [3.63, 3.8) is 0 Å². The number of carboxylic acid groups (broad SMARTS) is 1. The number of carboxylic acids is 1. The second kappa shape index (κ2) is 12.8. The van der Waals surface area contributed by atoms with Crippen molar-refractivity contribution in [2.45, 2.75) is 12.7 Å². The van der Waals surface area contributed by atoms with Crippen LogP contribution in [0.25, 0.3) is 11.1 Å². The van der Waals surface area contributed by atoms with Crippen LogP contribution in [0, 0.1) is 0 Å². The van der Waals surface area contributed by atoms with Gasteiger partial charge in [-0.05, 0) is 35.4 Å². The minimum absolute atomic E-state index is 0.120. The molecule has 0 atom stereocenters. The Labute approximate surface area is 197 Å². The Bertz CT molecular complexity index is 1110. The van der Waals surface area contributed by atoms with Gasteiger partial charge >= 0.3 is 18.2 Å². The van der Waals surface area contributed by atoms with Gasteiger partial charge in [-0.1, -0.05) is 18.2 Å². The molecule has 3 rings (SSSR count). The zero-order chi connectivity index (χ0) is 25.8. The molecule has 0 unspecified atom stereocenters. The van der Waals surface area contributed by atoms with Gasteiger partial charge in [-0.2, -0.15) is 18.3 Å². The Kier molecular flexibility index (Phi) is 9.90.